The second-order valence-electron chi connectivity index (χ2n) is 6.90. The third-order valence-electron chi connectivity index (χ3n) is 3.17. The highest BCUT2D eigenvalue weighted by molar-refractivity contribution is 7.99. The minimum absolute atomic E-state index is 0.270. The van der Waals surface area contributed by atoms with Gasteiger partial charge in [0.15, 0.2) is 5.57 Å². The molecular weight excluding hydrogens is 338 g/mol. The molecule has 0 aromatic heterocycles. The number of thioether (sulfide) groups is 1. The van der Waals surface area contributed by atoms with E-state index >= 15 is 0 Å². The zero-order valence-electron chi connectivity index (χ0n) is 14.2. The number of rotatable bonds is 1. The molecule has 2 aliphatic heterocycles. The Labute approximate surface area is 144 Å². The summed E-state index contributed by atoms with van der Waals surface area (Å²) in [5, 5.41) is 10.4. The fraction of sp³-hybridized carbons (Fsp3) is 0.667. The number of nitrogens with zero attached hydrogens (tertiary/aromatic N) is 1. The first-order valence-corrected chi connectivity index (χ1v) is 8.54. The number of ether oxygens (including phenoxy) is 3. The third-order valence-corrected chi connectivity index (χ3v) is 4.18. The van der Waals surface area contributed by atoms with Gasteiger partial charge in [-0.25, -0.2) is 14.4 Å². The van der Waals surface area contributed by atoms with Crippen LogP contribution in [-0.4, -0.2) is 57.1 Å². The van der Waals surface area contributed by atoms with Crippen LogP contribution >= 0.6 is 11.8 Å². The lowest BCUT2D eigenvalue weighted by molar-refractivity contribution is -0.222. The van der Waals surface area contributed by atoms with Gasteiger partial charge in [-0.2, -0.15) is 0 Å². The molecule has 0 spiro atoms. The fourth-order valence-electron chi connectivity index (χ4n) is 2.20. The number of aliphatic hydroxyl groups is 1. The first-order chi connectivity index (χ1) is 10.9. The van der Waals surface area contributed by atoms with Crippen LogP contribution in [0, 0.1) is 0 Å². The van der Waals surface area contributed by atoms with Crippen LogP contribution in [0.4, 0.5) is 4.79 Å². The molecular formula is C15H21NO7S. The maximum Gasteiger partial charge on any atom is 0.411 e. The Balaban J connectivity index is 2.27. The van der Waals surface area contributed by atoms with E-state index in [1.807, 2.05) is 0 Å². The summed E-state index contributed by atoms with van der Waals surface area (Å²) in [7, 11) is 0. The van der Waals surface area contributed by atoms with E-state index in [-0.39, 0.29) is 5.88 Å². The highest BCUT2D eigenvalue weighted by Gasteiger charge is 2.45. The molecule has 1 amide bonds. The molecule has 9 heteroatoms. The first kappa shape index (κ1) is 18.4. The second kappa shape index (κ2) is 6.19. The van der Waals surface area contributed by atoms with Crippen molar-refractivity contribution in [3.05, 3.63) is 11.3 Å². The monoisotopic (exact) mass is 359 g/mol. The van der Waals surface area contributed by atoms with Gasteiger partial charge < -0.3 is 19.3 Å². The number of amides is 1. The average Bonchev–Trinajstić information content (AvgIpc) is 2.82. The van der Waals surface area contributed by atoms with Gasteiger partial charge in [-0.05, 0) is 20.8 Å². The van der Waals surface area contributed by atoms with E-state index in [1.54, 1.807) is 20.8 Å². The lowest BCUT2D eigenvalue weighted by atomic mass is 10.1. The van der Waals surface area contributed by atoms with Crippen molar-refractivity contribution < 1.29 is 33.7 Å². The number of cyclic esters (lactones) is 2. The molecule has 2 aliphatic rings. The summed E-state index contributed by atoms with van der Waals surface area (Å²) in [5.41, 5.74) is -1.29. The van der Waals surface area contributed by atoms with E-state index in [0.29, 0.717) is 5.75 Å². The van der Waals surface area contributed by atoms with Crippen LogP contribution < -0.4 is 0 Å². The molecule has 2 saturated heterocycles. The Morgan fingerprint density at radius 1 is 1.29 bits per heavy atom. The average molecular weight is 359 g/mol. The Bertz CT molecular complexity index is 583. The Kier molecular flexibility index (Phi) is 4.76. The molecule has 0 saturated carbocycles. The van der Waals surface area contributed by atoms with Gasteiger partial charge in [0.2, 0.25) is 0 Å². The maximum atomic E-state index is 12.2. The molecule has 0 aromatic rings. The lowest BCUT2D eigenvalue weighted by Gasteiger charge is -2.32. The van der Waals surface area contributed by atoms with E-state index in [2.05, 4.69) is 0 Å². The minimum Gasteiger partial charge on any atom is -0.509 e. The van der Waals surface area contributed by atoms with Crippen LogP contribution in [0.25, 0.3) is 0 Å². The molecule has 2 fully saturated rings. The van der Waals surface area contributed by atoms with Crippen LogP contribution in [-0.2, 0) is 23.8 Å². The van der Waals surface area contributed by atoms with Crippen molar-refractivity contribution in [2.24, 2.45) is 0 Å². The number of hydrogen-bond donors (Lipinski definition) is 1. The molecule has 8 nitrogen and oxygen atoms in total. The van der Waals surface area contributed by atoms with Gasteiger partial charge in [-0.15, -0.1) is 11.8 Å². The smallest absolute Gasteiger partial charge is 0.411 e. The SMILES string of the molecule is CC(C)(C)OC(=O)N1CSC[C@@H]1C(O)=C1C(=O)OC(C)(C)OC1=O. The number of carbonyl (C=O) groups excluding carboxylic acids is 3. The highest BCUT2D eigenvalue weighted by Crippen LogP contribution is 2.31. The summed E-state index contributed by atoms with van der Waals surface area (Å²) in [4.78, 5) is 37.6. The Morgan fingerprint density at radius 2 is 1.83 bits per heavy atom. The molecule has 1 N–H and O–H groups in total. The summed E-state index contributed by atoms with van der Waals surface area (Å²) in [6.07, 6.45) is -0.637. The van der Waals surface area contributed by atoms with E-state index in [4.69, 9.17) is 14.2 Å². The molecule has 1 atom stereocenters. The minimum atomic E-state index is -1.40. The molecule has 0 bridgehead atoms. The van der Waals surface area contributed by atoms with Crippen LogP contribution in [0.15, 0.2) is 11.3 Å². The standard InChI is InChI=1S/C15H21NO7S/c1-14(2,3)23-13(20)16-7-24-6-8(16)10(17)9-11(18)21-15(4,5)22-12(9)19/h8,17H,6-7H2,1-5H3/t8-/m1/s1. The van der Waals surface area contributed by atoms with Crippen molar-refractivity contribution in [3.63, 3.8) is 0 Å². The zero-order valence-corrected chi connectivity index (χ0v) is 15.1. The number of carbonyl (C=O) groups is 3. The van der Waals surface area contributed by atoms with Crippen LogP contribution in [0.1, 0.15) is 34.6 Å². The van der Waals surface area contributed by atoms with Gasteiger partial charge in [0.1, 0.15) is 17.4 Å². The lowest BCUT2D eigenvalue weighted by Crippen LogP contribution is -2.46. The normalized spacial score (nSPS) is 23.6. The highest BCUT2D eigenvalue weighted by atomic mass is 32.2. The van der Waals surface area contributed by atoms with Gasteiger partial charge in [-0.3, -0.25) is 4.90 Å². The molecule has 0 aromatic carbocycles. The van der Waals surface area contributed by atoms with Gasteiger partial charge in [0.25, 0.3) is 5.79 Å². The molecule has 134 valence electrons. The van der Waals surface area contributed by atoms with E-state index < -0.39 is 46.8 Å². The summed E-state index contributed by atoms with van der Waals surface area (Å²) in [6.45, 7) is 7.99. The van der Waals surface area contributed by atoms with E-state index in [9.17, 15) is 19.5 Å². The van der Waals surface area contributed by atoms with Crippen molar-refractivity contribution in [3.8, 4) is 0 Å². The molecule has 2 rings (SSSR count). The largest absolute Gasteiger partial charge is 0.509 e. The van der Waals surface area contributed by atoms with Crippen LogP contribution in [0.2, 0.25) is 0 Å². The second-order valence-corrected chi connectivity index (χ2v) is 7.90. The zero-order chi connectivity index (χ0) is 18.3. The Morgan fingerprint density at radius 3 is 2.33 bits per heavy atom. The molecule has 0 unspecified atom stereocenters. The Hall–Kier alpha value is -1.90. The van der Waals surface area contributed by atoms with Gasteiger partial charge in [-0.1, -0.05) is 0 Å². The quantitative estimate of drug-likeness (QED) is 0.328. The van der Waals surface area contributed by atoms with Crippen molar-refractivity contribution in [2.75, 3.05) is 11.6 Å². The summed E-state index contributed by atoms with van der Waals surface area (Å²) < 4.78 is 15.2. The predicted octanol–water partition coefficient (Wildman–Crippen LogP) is 1.94. The van der Waals surface area contributed by atoms with Crippen molar-refractivity contribution in [2.45, 2.75) is 52.0 Å². The van der Waals surface area contributed by atoms with Gasteiger partial charge in [0.05, 0.1) is 5.88 Å². The van der Waals surface area contributed by atoms with Gasteiger partial charge >= 0.3 is 18.0 Å². The maximum absolute atomic E-state index is 12.2. The molecule has 0 aliphatic carbocycles. The molecule has 24 heavy (non-hydrogen) atoms. The van der Waals surface area contributed by atoms with E-state index in [1.165, 1.54) is 30.5 Å². The molecule has 0 radical (unpaired) electrons. The summed E-state index contributed by atoms with van der Waals surface area (Å²) in [5.74, 6) is -3.31. The summed E-state index contributed by atoms with van der Waals surface area (Å²) in [6, 6.07) is -0.860. The predicted molar refractivity (Wildman–Crippen MR) is 85.1 cm³/mol. The first-order valence-electron chi connectivity index (χ1n) is 7.38. The topological polar surface area (TPSA) is 102 Å². The van der Waals surface area contributed by atoms with Gasteiger partial charge in [0, 0.05) is 19.6 Å². The van der Waals surface area contributed by atoms with Crippen LogP contribution in [0.3, 0.4) is 0 Å². The molecule has 2 heterocycles. The summed E-state index contributed by atoms with van der Waals surface area (Å²) >= 11 is 1.37. The van der Waals surface area contributed by atoms with Crippen molar-refractivity contribution >= 4 is 29.8 Å². The number of esters is 2. The van der Waals surface area contributed by atoms with Crippen molar-refractivity contribution in [1.82, 2.24) is 4.90 Å². The number of aliphatic hydroxyl groups excluding tert-OH is 1. The van der Waals surface area contributed by atoms with E-state index in [0.717, 1.165) is 0 Å². The fourth-order valence-corrected chi connectivity index (χ4v) is 3.35. The van der Waals surface area contributed by atoms with Crippen LogP contribution in [0.5, 0.6) is 0 Å². The number of hydrogen-bond acceptors (Lipinski definition) is 8. The third kappa shape index (κ3) is 3.95. The van der Waals surface area contributed by atoms with Crippen molar-refractivity contribution in [1.29, 1.82) is 0 Å².